The van der Waals surface area contributed by atoms with Crippen LogP contribution < -0.4 is 0 Å². The van der Waals surface area contributed by atoms with Crippen molar-refractivity contribution in [2.24, 2.45) is 5.92 Å². The summed E-state index contributed by atoms with van der Waals surface area (Å²) in [5.41, 5.74) is 2.12. The van der Waals surface area contributed by atoms with E-state index in [1.807, 2.05) is 6.33 Å². The summed E-state index contributed by atoms with van der Waals surface area (Å²) in [5.74, 6) is 0.426. The normalized spacial score (nSPS) is 16.2. The second-order valence-corrected chi connectivity index (χ2v) is 5.78. The largest absolute Gasteiger partial charge is 0.464 e. The lowest BCUT2D eigenvalue weighted by molar-refractivity contribution is 0.0594. The van der Waals surface area contributed by atoms with Gasteiger partial charge in [0, 0.05) is 6.54 Å². The van der Waals surface area contributed by atoms with Crippen LogP contribution in [0.2, 0.25) is 0 Å². The van der Waals surface area contributed by atoms with Gasteiger partial charge in [0.05, 0.1) is 25.2 Å². The summed E-state index contributed by atoms with van der Waals surface area (Å²) < 4.78 is 6.85. The van der Waals surface area contributed by atoms with E-state index in [0.29, 0.717) is 5.69 Å². The van der Waals surface area contributed by atoms with E-state index in [0.717, 1.165) is 23.5 Å². The molecule has 1 aliphatic carbocycles. The highest BCUT2D eigenvalue weighted by Crippen LogP contribution is 2.27. The third kappa shape index (κ3) is 3.06. The zero-order valence-corrected chi connectivity index (χ0v) is 12.4. The number of carbonyl (C=O) groups is 1. The number of esters is 1. The van der Waals surface area contributed by atoms with E-state index in [1.54, 1.807) is 12.3 Å². The van der Waals surface area contributed by atoms with E-state index in [9.17, 15) is 4.79 Å². The molecule has 1 fully saturated rings. The fourth-order valence-electron chi connectivity index (χ4n) is 3.15. The van der Waals surface area contributed by atoms with Gasteiger partial charge in [0.2, 0.25) is 0 Å². The maximum atomic E-state index is 11.6. The van der Waals surface area contributed by atoms with Crippen LogP contribution in [0.1, 0.15) is 49.0 Å². The first-order valence-electron chi connectivity index (χ1n) is 7.67. The molecule has 0 N–H and O–H groups in total. The average Bonchev–Trinajstić information content (AvgIpc) is 2.95. The Morgan fingerprint density at radius 2 is 2.14 bits per heavy atom. The van der Waals surface area contributed by atoms with Crippen molar-refractivity contribution in [1.29, 1.82) is 0 Å². The molecule has 0 saturated heterocycles. The Labute approximate surface area is 124 Å². The highest BCUT2D eigenvalue weighted by atomic mass is 16.5. The van der Waals surface area contributed by atoms with Crippen LogP contribution in [0.15, 0.2) is 18.6 Å². The van der Waals surface area contributed by atoms with Crippen molar-refractivity contribution >= 4 is 17.0 Å². The summed E-state index contributed by atoms with van der Waals surface area (Å²) in [7, 11) is 1.37. The summed E-state index contributed by atoms with van der Waals surface area (Å²) in [6.45, 7) is 0.950. The van der Waals surface area contributed by atoms with Gasteiger partial charge in [0.1, 0.15) is 5.52 Å². The summed E-state index contributed by atoms with van der Waals surface area (Å²) in [4.78, 5) is 20.0. The lowest BCUT2D eigenvalue weighted by Crippen LogP contribution is -2.10. The van der Waals surface area contributed by atoms with Gasteiger partial charge >= 0.3 is 5.97 Å². The van der Waals surface area contributed by atoms with Gasteiger partial charge in [-0.25, -0.2) is 14.8 Å². The third-order valence-corrected chi connectivity index (χ3v) is 4.40. The standard InChI is InChI=1S/C16H21N3O2/c1-21-16(20)13-9-15-14(10-17-13)18-11-19(15)8-7-12-5-3-2-4-6-12/h9-12H,2-8H2,1H3. The molecule has 0 aromatic carbocycles. The number of hydrogen-bond donors (Lipinski definition) is 0. The molecule has 5 heteroatoms. The zero-order chi connectivity index (χ0) is 14.7. The van der Waals surface area contributed by atoms with Crippen molar-refractivity contribution in [3.8, 4) is 0 Å². The van der Waals surface area contributed by atoms with Crippen LogP contribution >= 0.6 is 0 Å². The highest BCUT2D eigenvalue weighted by Gasteiger charge is 2.15. The fraction of sp³-hybridized carbons (Fsp3) is 0.562. The van der Waals surface area contributed by atoms with E-state index in [4.69, 9.17) is 4.74 Å². The number of fused-ring (bicyclic) bond motifs is 1. The minimum Gasteiger partial charge on any atom is -0.464 e. The number of carbonyl (C=O) groups excluding carboxylic acids is 1. The number of aryl methyl sites for hydroxylation is 1. The van der Waals surface area contributed by atoms with E-state index < -0.39 is 5.97 Å². The number of aromatic nitrogens is 3. The molecule has 21 heavy (non-hydrogen) atoms. The average molecular weight is 287 g/mol. The first-order valence-corrected chi connectivity index (χ1v) is 7.67. The SMILES string of the molecule is COC(=O)c1cc2c(cn1)ncn2CCC1CCCCC1. The van der Waals surface area contributed by atoms with Crippen LogP contribution in [0.4, 0.5) is 0 Å². The third-order valence-electron chi connectivity index (χ3n) is 4.40. The minimum absolute atomic E-state index is 0.337. The predicted molar refractivity (Wildman–Crippen MR) is 80.1 cm³/mol. The van der Waals surface area contributed by atoms with Crippen LogP contribution in [0, 0.1) is 5.92 Å². The maximum Gasteiger partial charge on any atom is 0.356 e. The topological polar surface area (TPSA) is 57.0 Å². The van der Waals surface area contributed by atoms with Gasteiger partial charge in [-0.05, 0) is 18.4 Å². The second-order valence-electron chi connectivity index (χ2n) is 5.78. The Kier molecular flexibility index (Phi) is 4.18. The van der Waals surface area contributed by atoms with Crippen LogP contribution in [0.3, 0.4) is 0 Å². The van der Waals surface area contributed by atoms with Crippen LogP contribution in [0.25, 0.3) is 11.0 Å². The number of methoxy groups -OCH3 is 1. The van der Waals surface area contributed by atoms with Crippen LogP contribution in [0.5, 0.6) is 0 Å². The zero-order valence-electron chi connectivity index (χ0n) is 12.4. The summed E-state index contributed by atoms with van der Waals surface area (Å²) >= 11 is 0. The van der Waals surface area contributed by atoms with Gasteiger partial charge < -0.3 is 9.30 Å². The number of ether oxygens (including phenoxy) is 1. The minimum atomic E-state index is -0.406. The predicted octanol–water partition coefficient (Wildman–Crippen LogP) is 3.19. The second kappa shape index (κ2) is 6.24. The van der Waals surface area contributed by atoms with Crippen LogP contribution in [-0.4, -0.2) is 27.6 Å². The Morgan fingerprint density at radius 3 is 2.90 bits per heavy atom. The van der Waals surface area contributed by atoms with Gasteiger partial charge in [-0.1, -0.05) is 32.1 Å². The molecule has 0 aliphatic heterocycles. The number of pyridine rings is 1. The van der Waals surface area contributed by atoms with Gasteiger partial charge in [0.15, 0.2) is 5.69 Å². The summed E-state index contributed by atoms with van der Waals surface area (Å²) in [5, 5.41) is 0. The molecule has 0 atom stereocenters. The molecule has 0 amide bonds. The number of nitrogens with zero attached hydrogens (tertiary/aromatic N) is 3. The quantitative estimate of drug-likeness (QED) is 0.810. The molecule has 1 saturated carbocycles. The number of hydrogen-bond acceptors (Lipinski definition) is 4. The first-order chi connectivity index (χ1) is 10.3. The van der Waals surface area contributed by atoms with Crippen molar-refractivity contribution in [2.75, 3.05) is 7.11 Å². The molecule has 0 radical (unpaired) electrons. The molecular formula is C16H21N3O2. The Bertz CT molecular complexity index is 629. The molecule has 2 aromatic heterocycles. The lowest BCUT2D eigenvalue weighted by atomic mass is 9.87. The molecule has 2 heterocycles. The molecule has 0 bridgehead atoms. The van der Waals surface area contributed by atoms with E-state index in [-0.39, 0.29) is 0 Å². The monoisotopic (exact) mass is 287 g/mol. The summed E-state index contributed by atoms with van der Waals surface area (Å²) in [6.07, 6.45) is 11.5. The molecule has 3 rings (SSSR count). The fourth-order valence-corrected chi connectivity index (χ4v) is 3.15. The van der Waals surface area contributed by atoms with E-state index in [1.165, 1.54) is 45.6 Å². The smallest absolute Gasteiger partial charge is 0.356 e. The van der Waals surface area contributed by atoms with Crippen molar-refractivity contribution < 1.29 is 9.53 Å². The van der Waals surface area contributed by atoms with E-state index >= 15 is 0 Å². The molecular weight excluding hydrogens is 266 g/mol. The Morgan fingerprint density at radius 1 is 1.33 bits per heavy atom. The molecule has 0 spiro atoms. The van der Waals surface area contributed by atoms with Gasteiger partial charge in [-0.2, -0.15) is 0 Å². The molecule has 2 aromatic rings. The lowest BCUT2D eigenvalue weighted by Gasteiger charge is -2.21. The summed E-state index contributed by atoms with van der Waals surface area (Å²) in [6, 6.07) is 1.77. The van der Waals surface area contributed by atoms with E-state index in [2.05, 4.69) is 14.5 Å². The van der Waals surface area contributed by atoms with Crippen LogP contribution in [-0.2, 0) is 11.3 Å². The van der Waals surface area contributed by atoms with Gasteiger partial charge in [-0.15, -0.1) is 0 Å². The first kappa shape index (κ1) is 14.0. The van der Waals surface area contributed by atoms with Crippen molar-refractivity contribution in [3.05, 3.63) is 24.3 Å². The molecule has 1 aliphatic rings. The number of rotatable bonds is 4. The molecule has 0 unspecified atom stereocenters. The highest BCUT2D eigenvalue weighted by molar-refractivity contribution is 5.91. The maximum absolute atomic E-state index is 11.6. The molecule has 112 valence electrons. The molecule has 5 nitrogen and oxygen atoms in total. The van der Waals surface area contributed by atoms with Crippen molar-refractivity contribution in [1.82, 2.24) is 14.5 Å². The van der Waals surface area contributed by atoms with Crippen molar-refractivity contribution in [2.45, 2.75) is 45.1 Å². The number of imidazole rings is 1. The van der Waals surface area contributed by atoms with Gasteiger partial charge in [0.25, 0.3) is 0 Å². The Balaban J connectivity index is 1.76. The van der Waals surface area contributed by atoms with Gasteiger partial charge in [-0.3, -0.25) is 0 Å². The van der Waals surface area contributed by atoms with Crippen molar-refractivity contribution in [3.63, 3.8) is 0 Å². The Hall–Kier alpha value is -1.91.